The molecule has 1 N–H and O–H groups in total. The molecule has 0 saturated carbocycles. The third-order valence-corrected chi connectivity index (χ3v) is 4.80. The summed E-state index contributed by atoms with van der Waals surface area (Å²) >= 11 is 1.52. The van der Waals surface area contributed by atoms with Crippen molar-refractivity contribution in [1.29, 1.82) is 0 Å². The first-order valence-electron chi connectivity index (χ1n) is 8.65. The molecule has 1 aromatic heterocycles. The molecule has 140 valence electrons. The Kier molecular flexibility index (Phi) is 7.15. The van der Waals surface area contributed by atoms with Crippen molar-refractivity contribution in [3.63, 3.8) is 0 Å². The maximum atomic E-state index is 11.5. The highest BCUT2D eigenvalue weighted by molar-refractivity contribution is 7.10. The summed E-state index contributed by atoms with van der Waals surface area (Å²) in [4.78, 5) is 22.5. The standard InChI is InChI=1S/C19H26N4O2S/c1-6-23(5)12-20-16-9-13(3)15(8-14(16)4)10-18-21-17(11-26-18)22-19(24)25-7-2/h8-9,11-12H,6-7,10H2,1-5H3,(H,22,24). The van der Waals surface area contributed by atoms with E-state index >= 15 is 0 Å². The van der Waals surface area contributed by atoms with Gasteiger partial charge in [-0.2, -0.15) is 0 Å². The largest absolute Gasteiger partial charge is 0.450 e. The Morgan fingerprint density at radius 3 is 2.81 bits per heavy atom. The lowest BCUT2D eigenvalue weighted by Crippen LogP contribution is -2.14. The number of amides is 1. The number of carbonyl (C=O) groups is 1. The van der Waals surface area contributed by atoms with E-state index in [2.05, 4.69) is 48.2 Å². The number of benzene rings is 1. The van der Waals surface area contributed by atoms with Crippen molar-refractivity contribution in [2.75, 3.05) is 25.5 Å². The molecule has 0 aliphatic carbocycles. The Labute approximate surface area is 158 Å². The Morgan fingerprint density at radius 2 is 2.12 bits per heavy atom. The van der Waals surface area contributed by atoms with Crippen LogP contribution in [0.25, 0.3) is 0 Å². The smallest absolute Gasteiger partial charge is 0.412 e. The molecule has 0 spiro atoms. The normalized spacial score (nSPS) is 11.0. The van der Waals surface area contributed by atoms with E-state index in [1.807, 2.05) is 23.7 Å². The molecule has 0 aliphatic heterocycles. The molecule has 0 aliphatic rings. The molecule has 26 heavy (non-hydrogen) atoms. The second kappa shape index (κ2) is 9.33. The van der Waals surface area contributed by atoms with Crippen molar-refractivity contribution in [3.05, 3.63) is 39.2 Å². The molecule has 0 saturated heterocycles. The monoisotopic (exact) mass is 374 g/mol. The zero-order valence-electron chi connectivity index (χ0n) is 16.0. The second-order valence-electron chi connectivity index (χ2n) is 6.03. The molecule has 1 heterocycles. The number of nitrogens with one attached hydrogen (secondary N) is 1. The van der Waals surface area contributed by atoms with Crippen LogP contribution in [0.15, 0.2) is 22.5 Å². The van der Waals surface area contributed by atoms with Gasteiger partial charge in [0, 0.05) is 25.4 Å². The summed E-state index contributed by atoms with van der Waals surface area (Å²) in [5.41, 5.74) is 4.50. The molecule has 2 aromatic rings. The van der Waals surface area contributed by atoms with Gasteiger partial charge in [-0.05, 0) is 50.5 Å². The van der Waals surface area contributed by atoms with Crippen LogP contribution in [0, 0.1) is 13.8 Å². The predicted octanol–water partition coefficient (Wildman–Crippen LogP) is 4.53. The minimum absolute atomic E-state index is 0.337. The lowest BCUT2D eigenvalue weighted by molar-refractivity contribution is 0.168. The zero-order valence-corrected chi connectivity index (χ0v) is 16.8. The highest BCUT2D eigenvalue weighted by atomic mass is 32.1. The van der Waals surface area contributed by atoms with Gasteiger partial charge in [0.15, 0.2) is 0 Å². The number of hydrogen-bond donors (Lipinski definition) is 1. The number of rotatable bonds is 7. The van der Waals surface area contributed by atoms with Crippen LogP contribution in [-0.4, -0.2) is 42.5 Å². The molecule has 0 fully saturated rings. The highest BCUT2D eigenvalue weighted by Crippen LogP contribution is 2.26. The van der Waals surface area contributed by atoms with Crippen LogP contribution < -0.4 is 5.32 Å². The average Bonchev–Trinajstić information content (AvgIpc) is 3.03. The van der Waals surface area contributed by atoms with Gasteiger partial charge in [-0.15, -0.1) is 11.3 Å². The van der Waals surface area contributed by atoms with E-state index in [4.69, 9.17) is 4.74 Å². The molecule has 0 bridgehead atoms. The molecule has 1 aromatic carbocycles. The van der Waals surface area contributed by atoms with E-state index < -0.39 is 6.09 Å². The summed E-state index contributed by atoms with van der Waals surface area (Å²) in [6.45, 7) is 9.27. The van der Waals surface area contributed by atoms with Crippen LogP contribution in [0.2, 0.25) is 0 Å². The Morgan fingerprint density at radius 1 is 1.35 bits per heavy atom. The van der Waals surface area contributed by atoms with Gasteiger partial charge in [0.05, 0.1) is 23.6 Å². The molecule has 1 amide bonds. The topological polar surface area (TPSA) is 66.8 Å². The third-order valence-electron chi connectivity index (χ3n) is 3.95. The number of thiazole rings is 1. The summed E-state index contributed by atoms with van der Waals surface area (Å²) in [6, 6.07) is 4.27. The Hall–Kier alpha value is -2.41. The van der Waals surface area contributed by atoms with E-state index in [1.54, 1.807) is 6.92 Å². The van der Waals surface area contributed by atoms with E-state index in [0.29, 0.717) is 12.4 Å². The van der Waals surface area contributed by atoms with Crippen molar-refractivity contribution in [2.45, 2.75) is 34.1 Å². The number of carbonyl (C=O) groups excluding carboxylic acids is 1. The third kappa shape index (κ3) is 5.56. The van der Waals surface area contributed by atoms with Gasteiger partial charge < -0.3 is 9.64 Å². The number of aromatic nitrogens is 1. The van der Waals surface area contributed by atoms with E-state index in [-0.39, 0.29) is 0 Å². The second-order valence-corrected chi connectivity index (χ2v) is 6.97. The van der Waals surface area contributed by atoms with Crippen LogP contribution >= 0.6 is 11.3 Å². The lowest BCUT2D eigenvalue weighted by Gasteiger charge is -2.11. The maximum absolute atomic E-state index is 11.5. The van der Waals surface area contributed by atoms with Gasteiger partial charge in [-0.3, -0.25) is 5.32 Å². The quantitative estimate of drug-likeness (QED) is 0.571. The van der Waals surface area contributed by atoms with E-state index in [9.17, 15) is 4.79 Å². The van der Waals surface area contributed by atoms with Crippen molar-refractivity contribution >= 4 is 35.3 Å². The van der Waals surface area contributed by atoms with Crippen LogP contribution in [0.3, 0.4) is 0 Å². The molecule has 0 radical (unpaired) electrons. The fourth-order valence-corrected chi connectivity index (χ4v) is 3.07. The fraction of sp³-hybridized carbons (Fsp3) is 0.421. The molecule has 0 unspecified atom stereocenters. The molecule has 2 rings (SSSR count). The molecule has 0 atom stereocenters. The zero-order chi connectivity index (χ0) is 19.1. The fourth-order valence-electron chi connectivity index (χ4n) is 2.32. The predicted molar refractivity (Wildman–Crippen MR) is 108 cm³/mol. The van der Waals surface area contributed by atoms with Crippen LogP contribution in [0.4, 0.5) is 16.3 Å². The van der Waals surface area contributed by atoms with Gasteiger partial charge in [0.2, 0.25) is 0 Å². The molecular formula is C19H26N4O2S. The minimum atomic E-state index is -0.476. The summed E-state index contributed by atoms with van der Waals surface area (Å²) in [6.07, 6.45) is 2.10. The highest BCUT2D eigenvalue weighted by Gasteiger charge is 2.10. The Bertz CT molecular complexity index is 786. The van der Waals surface area contributed by atoms with E-state index in [0.717, 1.165) is 29.2 Å². The van der Waals surface area contributed by atoms with Crippen LogP contribution in [-0.2, 0) is 11.2 Å². The van der Waals surface area contributed by atoms with Crippen molar-refractivity contribution in [2.24, 2.45) is 4.99 Å². The van der Waals surface area contributed by atoms with Gasteiger partial charge >= 0.3 is 6.09 Å². The van der Waals surface area contributed by atoms with Gasteiger partial charge in [0.25, 0.3) is 0 Å². The number of aliphatic imine (C=N–C) groups is 1. The maximum Gasteiger partial charge on any atom is 0.412 e. The minimum Gasteiger partial charge on any atom is -0.450 e. The Balaban J connectivity index is 2.10. The van der Waals surface area contributed by atoms with Crippen molar-refractivity contribution in [1.82, 2.24) is 9.88 Å². The van der Waals surface area contributed by atoms with Crippen LogP contribution in [0.1, 0.15) is 35.5 Å². The number of anilines is 1. The average molecular weight is 375 g/mol. The van der Waals surface area contributed by atoms with Gasteiger partial charge in [-0.1, -0.05) is 6.07 Å². The first kappa shape index (κ1) is 19.9. The van der Waals surface area contributed by atoms with Crippen LogP contribution in [0.5, 0.6) is 0 Å². The lowest BCUT2D eigenvalue weighted by atomic mass is 10.0. The first-order valence-corrected chi connectivity index (χ1v) is 9.53. The number of ether oxygens (including phenoxy) is 1. The number of aryl methyl sites for hydroxylation is 2. The van der Waals surface area contributed by atoms with Gasteiger partial charge in [-0.25, -0.2) is 14.8 Å². The summed E-state index contributed by atoms with van der Waals surface area (Å²) < 4.78 is 4.87. The molecular weight excluding hydrogens is 348 g/mol. The van der Waals surface area contributed by atoms with E-state index in [1.165, 1.54) is 22.5 Å². The van der Waals surface area contributed by atoms with Gasteiger partial charge in [0.1, 0.15) is 5.82 Å². The summed E-state index contributed by atoms with van der Waals surface area (Å²) in [7, 11) is 2.00. The van der Waals surface area contributed by atoms with Crippen molar-refractivity contribution in [3.8, 4) is 0 Å². The number of nitrogens with zero attached hydrogens (tertiary/aromatic N) is 3. The summed E-state index contributed by atoms with van der Waals surface area (Å²) in [5.74, 6) is 0.529. The molecule has 6 nitrogen and oxygen atoms in total. The number of hydrogen-bond acceptors (Lipinski definition) is 5. The SMILES string of the molecule is CCOC(=O)Nc1csc(Cc2cc(C)c(N=CN(C)CC)cc2C)n1. The van der Waals surface area contributed by atoms with Crippen molar-refractivity contribution < 1.29 is 9.53 Å². The first-order chi connectivity index (χ1) is 12.4. The summed E-state index contributed by atoms with van der Waals surface area (Å²) in [5, 5.41) is 5.40. The molecule has 7 heteroatoms.